The highest BCUT2D eigenvalue weighted by Crippen LogP contribution is 2.22. The van der Waals surface area contributed by atoms with Crippen LogP contribution in [0.4, 0.5) is 0 Å². The Kier molecular flexibility index (Phi) is 5.15. The molecule has 1 atom stereocenters. The molecule has 92 valence electrons. The summed E-state index contributed by atoms with van der Waals surface area (Å²) in [6.45, 7) is 3.60. The van der Waals surface area contributed by atoms with E-state index in [4.69, 9.17) is 9.47 Å². The van der Waals surface area contributed by atoms with E-state index in [1.54, 1.807) is 32.0 Å². The van der Waals surface area contributed by atoms with Gasteiger partial charge in [-0.2, -0.15) is 0 Å². The molecule has 0 saturated heterocycles. The van der Waals surface area contributed by atoms with Crippen molar-refractivity contribution in [2.24, 2.45) is 0 Å². The third-order valence-electron chi connectivity index (χ3n) is 2.02. The van der Waals surface area contributed by atoms with Crippen LogP contribution in [0.1, 0.15) is 24.2 Å². The largest absolute Gasteiger partial charge is 0.478 e. The van der Waals surface area contributed by atoms with E-state index in [0.29, 0.717) is 24.2 Å². The second kappa shape index (κ2) is 6.39. The second-order valence-electron chi connectivity index (χ2n) is 3.31. The minimum atomic E-state index is -0.741. The first-order valence-corrected chi connectivity index (χ1v) is 5.95. The summed E-state index contributed by atoms with van der Waals surface area (Å²) in [5.41, 5.74) is 0.385. The van der Waals surface area contributed by atoms with Crippen LogP contribution < -0.4 is 4.74 Å². The topological polar surface area (TPSA) is 52.6 Å². The number of hydrogen-bond donors (Lipinski definition) is 0. The van der Waals surface area contributed by atoms with Crippen molar-refractivity contribution in [2.45, 2.75) is 20.0 Å². The quantitative estimate of drug-likeness (QED) is 0.619. The van der Waals surface area contributed by atoms with Crippen LogP contribution in [0.2, 0.25) is 0 Å². The normalized spacial score (nSPS) is 11.7. The van der Waals surface area contributed by atoms with Gasteiger partial charge < -0.3 is 9.47 Å². The Bertz CT molecular complexity index is 417. The van der Waals surface area contributed by atoms with Gasteiger partial charge in [-0.3, -0.25) is 4.79 Å². The zero-order valence-electron chi connectivity index (χ0n) is 9.60. The summed E-state index contributed by atoms with van der Waals surface area (Å²) >= 11 is 3.25. The highest BCUT2D eigenvalue weighted by atomic mass is 79.9. The smallest absolute Gasteiger partial charge is 0.347 e. The van der Waals surface area contributed by atoms with E-state index in [0.717, 1.165) is 4.47 Å². The molecule has 0 bridgehead atoms. The molecule has 0 fully saturated rings. The SMILES string of the molecule is CCOC(=O)[C@H](C)Oc1ccc(Br)cc1C=O. The lowest BCUT2D eigenvalue weighted by Crippen LogP contribution is -2.26. The van der Waals surface area contributed by atoms with Gasteiger partial charge in [0.05, 0.1) is 12.2 Å². The Morgan fingerprint density at radius 3 is 2.82 bits per heavy atom. The molecule has 1 rings (SSSR count). The van der Waals surface area contributed by atoms with Crippen LogP contribution in [0.25, 0.3) is 0 Å². The maximum atomic E-state index is 11.4. The van der Waals surface area contributed by atoms with Crippen LogP contribution in [0, 0.1) is 0 Å². The van der Waals surface area contributed by atoms with Crippen molar-refractivity contribution in [2.75, 3.05) is 6.61 Å². The monoisotopic (exact) mass is 300 g/mol. The van der Waals surface area contributed by atoms with Gasteiger partial charge in [-0.15, -0.1) is 0 Å². The number of aldehydes is 1. The zero-order valence-corrected chi connectivity index (χ0v) is 11.2. The summed E-state index contributed by atoms with van der Waals surface area (Å²) < 4.78 is 11.0. The van der Waals surface area contributed by atoms with Gasteiger partial charge in [-0.25, -0.2) is 4.79 Å². The zero-order chi connectivity index (χ0) is 12.8. The van der Waals surface area contributed by atoms with E-state index in [9.17, 15) is 9.59 Å². The molecule has 0 aliphatic heterocycles. The first-order chi connectivity index (χ1) is 8.08. The summed E-state index contributed by atoms with van der Waals surface area (Å²) in [6, 6.07) is 4.99. The molecule has 5 heteroatoms. The number of rotatable bonds is 5. The molecule has 1 aromatic rings. The molecule has 0 aliphatic rings. The molecule has 0 radical (unpaired) electrons. The maximum absolute atomic E-state index is 11.4. The van der Waals surface area contributed by atoms with Crippen molar-refractivity contribution in [3.05, 3.63) is 28.2 Å². The molecular formula is C12H13BrO4. The van der Waals surface area contributed by atoms with Crippen molar-refractivity contribution in [1.82, 2.24) is 0 Å². The van der Waals surface area contributed by atoms with Crippen LogP contribution >= 0.6 is 15.9 Å². The van der Waals surface area contributed by atoms with E-state index in [1.807, 2.05) is 0 Å². The van der Waals surface area contributed by atoms with E-state index in [2.05, 4.69) is 15.9 Å². The predicted octanol–water partition coefficient (Wildman–Crippen LogP) is 2.59. The fourth-order valence-corrected chi connectivity index (χ4v) is 1.60. The van der Waals surface area contributed by atoms with Gasteiger partial charge in [0.1, 0.15) is 5.75 Å². The number of carbonyl (C=O) groups is 2. The van der Waals surface area contributed by atoms with E-state index in [-0.39, 0.29) is 0 Å². The van der Waals surface area contributed by atoms with Crippen LogP contribution in [0.5, 0.6) is 5.75 Å². The number of benzene rings is 1. The Hall–Kier alpha value is -1.36. The summed E-state index contributed by atoms with van der Waals surface area (Å²) in [7, 11) is 0. The van der Waals surface area contributed by atoms with Crippen molar-refractivity contribution in [3.63, 3.8) is 0 Å². The maximum Gasteiger partial charge on any atom is 0.347 e. The molecule has 0 saturated carbocycles. The van der Waals surface area contributed by atoms with Crippen molar-refractivity contribution in [3.8, 4) is 5.75 Å². The van der Waals surface area contributed by atoms with E-state index >= 15 is 0 Å². The second-order valence-corrected chi connectivity index (χ2v) is 4.23. The first-order valence-electron chi connectivity index (χ1n) is 5.16. The number of esters is 1. The van der Waals surface area contributed by atoms with Crippen LogP contribution in [0.3, 0.4) is 0 Å². The summed E-state index contributed by atoms with van der Waals surface area (Å²) in [5.74, 6) is -0.0870. The molecule has 17 heavy (non-hydrogen) atoms. The van der Waals surface area contributed by atoms with Crippen molar-refractivity contribution < 1.29 is 19.1 Å². The lowest BCUT2D eigenvalue weighted by atomic mass is 10.2. The standard InChI is InChI=1S/C12H13BrO4/c1-3-16-12(15)8(2)17-11-5-4-10(13)6-9(11)7-14/h4-8H,3H2,1-2H3/t8-/m0/s1. The molecular weight excluding hydrogens is 288 g/mol. The number of ether oxygens (including phenoxy) is 2. The average Bonchev–Trinajstić information content (AvgIpc) is 2.31. The van der Waals surface area contributed by atoms with Gasteiger partial charge in [0.2, 0.25) is 0 Å². The highest BCUT2D eigenvalue weighted by molar-refractivity contribution is 9.10. The molecule has 0 amide bonds. The first kappa shape index (κ1) is 13.7. The number of halogens is 1. The average molecular weight is 301 g/mol. The molecule has 0 spiro atoms. The summed E-state index contributed by atoms with van der Waals surface area (Å²) in [5, 5.41) is 0. The van der Waals surface area contributed by atoms with Gasteiger partial charge in [0.15, 0.2) is 12.4 Å². The number of hydrogen-bond acceptors (Lipinski definition) is 4. The Labute approximate surface area is 108 Å². The Morgan fingerprint density at radius 2 is 2.24 bits per heavy atom. The summed E-state index contributed by atoms with van der Waals surface area (Å²) in [6.07, 6.45) is -0.0624. The molecule has 0 aromatic heterocycles. The fraction of sp³-hybridized carbons (Fsp3) is 0.333. The molecule has 1 aromatic carbocycles. The molecule has 0 N–H and O–H groups in total. The minimum absolute atomic E-state index is 0.299. The third kappa shape index (κ3) is 3.85. The van der Waals surface area contributed by atoms with Crippen LogP contribution in [-0.2, 0) is 9.53 Å². The Balaban J connectivity index is 2.80. The van der Waals surface area contributed by atoms with Gasteiger partial charge >= 0.3 is 5.97 Å². The highest BCUT2D eigenvalue weighted by Gasteiger charge is 2.17. The van der Waals surface area contributed by atoms with Crippen LogP contribution in [-0.4, -0.2) is 25.0 Å². The van der Waals surface area contributed by atoms with Gasteiger partial charge in [0, 0.05) is 4.47 Å². The van der Waals surface area contributed by atoms with E-state index in [1.165, 1.54) is 0 Å². The molecule has 4 nitrogen and oxygen atoms in total. The minimum Gasteiger partial charge on any atom is -0.478 e. The van der Waals surface area contributed by atoms with E-state index < -0.39 is 12.1 Å². The molecule has 0 heterocycles. The lowest BCUT2D eigenvalue weighted by molar-refractivity contribution is -0.150. The van der Waals surface area contributed by atoms with Crippen molar-refractivity contribution in [1.29, 1.82) is 0 Å². The van der Waals surface area contributed by atoms with Crippen LogP contribution in [0.15, 0.2) is 22.7 Å². The number of carbonyl (C=O) groups excluding carboxylic acids is 2. The third-order valence-corrected chi connectivity index (χ3v) is 2.51. The van der Waals surface area contributed by atoms with Crippen molar-refractivity contribution >= 4 is 28.2 Å². The van der Waals surface area contributed by atoms with Gasteiger partial charge in [-0.05, 0) is 32.0 Å². The van der Waals surface area contributed by atoms with Gasteiger partial charge in [0.25, 0.3) is 0 Å². The Morgan fingerprint density at radius 1 is 1.53 bits per heavy atom. The lowest BCUT2D eigenvalue weighted by Gasteiger charge is -2.14. The van der Waals surface area contributed by atoms with Gasteiger partial charge in [-0.1, -0.05) is 15.9 Å². The fourth-order valence-electron chi connectivity index (χ4n) is 1.22. The molecule has 0 unspecified atom stereocenters. The molecule has 0 aliphatic carbocycles. The predicted molar refractivity (Wildman–Crippen MR) is 66.3 cm³/mol. The summed E-state index contributed by atoms with van der Waals surface area (Å²) in [4.78, 5) is 22.2.